The number of aryl methyl sites for hydroxylation is 1. The largest absolute Gasteiger partial charge is 0.249 e. The molecule has 50 valence electrons. The summed E-state index contributed by atoms with van der Waals surface area (Å²) in [4.78, 5) is 3.97. The molecule has 0 saturated carbocycles. The van der Waals surface area contributed by atoms with Gasteiger partial charge in [-0.1, -0.05) is 0 Å². The van der Waals surface area contributed by atoms with Gasteiger partial charge in [0.2, 0.25) is 0 Å². The van der Waals surface area contributed by atoms with Gasteiger partial charge in [0.05, 0.1) is 5.56 Å². The average molecular weight is 244 g/mol. The van der Waals surface area contributed by atoms with E-state index in [-0.39, 0.29) is 0 Å². The van der Waals surface area contributed by atoms with Gasteiger partial charge >= 0.3 is 0 Å². The molecule has 1 heterocycles. The van der Waals surface area contributed by atoms with Gasteiger partial charge in [-0.2, -0.15) is 5.26 Å². The maximum Gasteiger partial charge on any atom is 0.101 e. The monoisotopic (exact) mass is 244 g/mol. The van der Waals surface area contributed by atoms with Crippen LogP contribution in [0.1, 0.15) is 11.1 Å². The third-order valence-electron chi connectivity index (χ3n) is 1.20. The molecule has 1 aromatic heterocycles. The van der Waals surface area contributed by atoms with E-state index in [0.29, 0.717) is 5.56 Å². The minimum absolute atomic E-state index is 0.653. The zero-order chi connectivity index (χ0) is 7.56. The Bertz CT molecular complexity index is 288. The number of halogens is 1. The summed E-state index contributed by atoms with van der Waals surface area (Å²) in [5.74, 6) is 0. The van der Waals surface area contributed by atoms with Gasteiger partial charge in [-0.3, -0.25) is 0 Å². The molecule has 1 rings (SSSR count). The van der Waals surface area contributed by atoms with Gasteiger partial charge in [-0.05, 0) is 41.1 Å². The third-order valence-corrected chi connectivity index (χ3v) is 1.79. The number of nitriles is 1. The quantitative estimate of drug-likeness (QED) is 0.516. The highest BCUT2D eigenvalue weighted by Crippen LogP contribution is 2.07. The van der Waals surface area contributed by atoms with E-state index < -0.39 is 0 Å². The molecule has 0 N–H and O–H groups in total. The van der Waals surface area contributed by atoms with Gasteiger partial charge in [0.1, 0.15) is 9.77 Å². The van der Waals surface area contributed by atoms with Crippen LogP contribution in [0.5, 0.6) is 0 Å². The number of aromatic nitrogens is 1. The van der Waals surface area contributed by atoms with E-state index in [4.69, 9.17) is 5.26 Å². The van der Waals surface area contributed by atoms with E-state index in [1.54, 1.807) is 6.20 Å². The van der Waals surface area contributed by atoms with E-state index in [0.717, 1.165) is 9.26 Å². The van der Waals surface area contributed by atoms with Crippen LogP contribution in [0.25, 0.3) is 0 Å². The lowest BCUT2D eigenvalue weighted by atomic mass is 10.2. The Morgan fingerprint density at radius 2 is 2.40 bits per heavy atom. The normalized spacial score (nSPS) is 8.90. The first-order valence-electron chi connectivity index (χ1n) is 2.76. The number of pyridine rings is 1. The predicted octanol–water partition coefficient (Wildman–Crippen LogP) is 1.87. The summed E-state index contributed by atoms with van der Waals surface area (Å²) in [5.41, 5.74) is 1.64. The predicted molar refractivity (Wildman–Crippen MR) is 46.4 cm³/mol. The van der Waals surface area contributed by atoms with Crippen molar-refractivity contribution in [3.05, 3.63) is 27.1 Å². The molecule has 0 saturated heterocycles. The standard InChI is InChI=1S/C7H5IN2/c1-5-2-7(8)10-4-6(5)3-9/h2,4H,1H3. The molecule has 0 atom stereocenters. The highest BCUT2D eigenvalue weighted by Gasteiger charge is 1.96. The third kappa shape index (κ3) is 1.45. The molecule has 0 aliphatic rings. The van der Waals surface area contributed by atoms with Crippen molar-refractivity contribution >= 4 is 22.6 Å². The van der Waals surface area contributed by atoms with Crippen molar-refractivity contribution in [2.45, 2.75) is 6.92 Å². The van der Waals surface area contributed by atoms with E-state index in [2.05, 4.69) is 33.6 Å². The lowest BCUT2D eigenvalue weighted by Gasteiger charge is -1.94. The zero-order valence-corrected chi connectivity index (χ0v) is 7.58. The molecule has 0 aliphatic carbocycles. The van der Waals surface area contributed by atoms with Crippen molar-refractivity contribution in [1.29, 1.82) is 5.26 Å². The molecule has 0 bridgehead atoms. The van der Waals surface area contributed by atoms with Crippen LogP contribution in [0.2, 0.25) is 0 Å². The molecular weight excluding hydrogens is 239 g/mol. The van der Waals surface area contributed by atoms with Gasteiger partial charge in [0.15, 0.2) is 0 Å². The fourth-order valence-corrected chi connectivity index (χ4v) is 1.25. The van der Waals surface area contributed by atoms with E-state index >= 15 is 0 Å². The van der Waals surface area contributed by atoms with Crippen molar-refractivity contribution in [2.75, 3.05) is 0 Å². The lowest BCUT2D eigenvalue weighted by Crippen LogP contribution is -1.86. The Morgan fingerprint density at radius 3 is 2.90 bits per heavy atom. The second-order valence-electron chi connectivity index (χ2n) is 1.93. The summed E-state index contributed by atoms with van der Waals surface area (Å²) in [6, 6.07) is 3.94. The fourth-order valence-electron chi connectivity index (χ4n) is 0.639. The molecule has 0 aliphatic heterocycles. The first kappa shape index (κ1) is 7.48. The van der Waals surface area contributed by atoms with Crippen molar-refractivity contribution in [1.82, 2.24) is 4.98 Å². The Hall–Kier alpha value is -0.630. The Labute approximate surface area is 73.0 Å². The van der Waals surface area contributed by atoms with Crippen LogP contribution in [-0.2, 0) is 0 Å². The Kier molecular flexibility index (Phi) is 2.22. The van der Waals surface area contributed by atoms with E-state index in [1.165, 1.54) is 0 Å². The SMILES string of the molecule is Cc1cc(I)ncc1C#N. The summed E-state index contributed by atoms with van der Waals surface area (Å²) in [5, 5.41) is 8.52. The van der Waals surface area contributed by atoms with Gasteiger partial charge in [0, 0.05) is 6.20 Å². The molecule has 0 aromatic carbocycles. The summed E-state index contributed by atoms with van der Waals surface area (Å²) < 4.78 is 0.925. The van der Waals surface area contributed by atoms with E-state index in [1.807, 2.05) is 13.0 Å². The number of hydrogen-bond donors (Lipinski definition) is 0. The Morgan fingerprint density at radius 1 is 1.70 bits per heavy atom. The van der Waals surface area contributed by atoms with Crippen molar-refractivity contribution in [3.63, 3.8) is 0 Å². The second-order valence-corrected chi connectivity index (χ2v) is 3.04. The van der Waals surface area contributed by atoms with Crippen LogP contribution in [0.4, 0.5) is 0 Å². The maximum absolute atomic E-state index is 8.52. The molecule has 1 aromatic rings. The highest BCUT2D eigenvalue weighted by molar-refractivity contribution is 14.1. The maximum atomic E-state index is 8.52. The molecule has 0 unspecified atom stereocenters. The number of rotatable bonds is 0. The lowest BCUT2D eigenvalue weighted by molar-refractivity contribution is 1.21. The molecule has 0 fully saturated rings. The van der Waals surface area contributed by atoms with Crippen molar-refractivity contribution in [3.8, 4) is 6.07 Å². The van der Waals surface area contributed by atoms with Crippen LogP contribution in [-0.4, -0.2) is 4.98 Å². The van der Waals surface area contributed by atoms with Gasteiger partial charge in [-0.25, -0.2) is 4.98 Å². The summed E-state index contributed by atoms with van der Waals surface area (Å²) in [6.07, 6.45) is 1.59. The molecule has 0 amide bonds. The van der Waals surface area contributed by atoms with Crippen LogP contribution in [0.3, 0.4) is 0 Å². The number of hydrogen-bond acceptors (Lipinski definition) is 2. The molecule has 3 heteroatoms. The average Bonchev–Trinajstić information content (AvgIpc) is 1.88. The first-order chi connectivity index (χ1) is 4.74. The highest BCUT2D eigenvalue weighted by atomic mass is 127. The summed E-state index contributed by atoms with van der Waals surface area (Å²) >= 11 is 2.12. The van der Waals surface area contributed by atoms with Crippen LogP contribution < -0.4 is 0 Å². The fraction of sp³-hybridized carbons (Fsp3) is 0.143. The first-order valence-corrected chi connectivity index (χ1v) is 3.84. The van der Waals surface area contributed by atoms with Crippen LogP contribution >= 0.6 is 22.6 Å². The Balaban J connectivity index is 3.23. The van der Waals surface area contributed by atoms with Crippen LogP contribution in [0.15, 0.2) is 12.3 Å². The second kappa shape index (κ2) is 2.97. The minimum Gasteiger partial charge on any atom is -0.249 e. The topological polar surface area (TPSA) is 36.7 Å². The smallest absolute Gasteiger partial charge is 0.101 e. The van der Waals surface area contributed by atoms with Crippen molar-refractivity contribution in [2.24, 2.45) is 0 Å². The van der Waals surface area contributed by atoms with Gasteiger partial charge in [-0.15, -0.1) is 0 Å². The molecule has 0 radical (unpaired) electrons. The molecule has 2 nitrogen and oxygen atoms in total. The van der Waals surface area contributed by atoms with E-state index in [9.17, 15) is 0 Å². The van der Waals surface area contributed by atoms with Gasteiger partial charge in [0.25, 0.3) is 0 Å². The molecular formula is C7H5IN2. The minimum atomic E-state index is 0.653. The van der Waals surface area contributed by atoms with Crippen LogP contribution in [0, 0.1) is 22.0 Å². The number of nitrogens with zero attached hydrogens (tertiary/aromatic N) is 2. The summed E-state index contributed by atoms with van der Waals surface area (Å²) in [7, 11) is 0. The molecule has 10 heavy (non-hydrogen) atoms. The zero-order valence-electron chi connectivity index (χ0n) is 5.43. The molecule has 0 spiro atoms. The summed E-state index contributed by atoms with van der Waals surface area (Å²) in [6.45, 7) is 1.91. The van der Waals surface area contributed by atoms with Crippen molar-refractivity contribution < 1.29 is 0 Å². The van der Waals surface area contributed by atoms with Gasteiger partial charge < -0.3 is 0 Å².